The van der Waals surface area contributed by atoms with Gasteiger partial charge in [0.25, 0.3) is 0 Å². The zero-order valence-electron chi connectivity index (χ0n) is 13.2. The number of fused-ring (bicyclic) bond motifs is 1. The Morgan fingerprint density at radius 1 is 1.00 bits per heavy atom. The van der Waals surface area contributed by atoms with E-state index in [1.165, 1.54) is 53.4 Å². The molecule has 0 aliphatic heterocycles. The van der Waals surface area contributed by atoms with Gasteiger partial charge < -0.3 is 4.74 Å². The fourth-order valence-corrected chi connectivity index (χ4v) is 4.32. The van der Waals surface area contributed by atoms with Crippen molar-refractivity contribution >= 4 is 21.6 Å². The van der Waals surface area contributed by atoms with Crippen LogP contribution in [0.15, 0.2) is 48.5 Å². The molecule has 2 nitrogen and oxygen atoms in total. The van der Waals surface area contributed by atoms with Crippen LogP contribution in [-0.2, 0) is 6.61 Å². The average Bonchev–Trinajstić information content (AvgIpc) is 3.05. The van der Waals surface area contributed by atoms with Gasteiger partial charge in [-0.2, -0.15) is 4.37 Å². The highest BCUT2D eigenvalue weighted by molar-refractivity contribution is 7.13. The van der Waals surface area contributed by atoms with Crippen molar-refractivity contribution in [3.63, 3.8) is 0 Å². The van der Waals surface area contributed by atoms with Gasteiger partial charge in [-0.3, -0.25) is 0 Å². The van der Waals surface area contributed by atoms with Crippen molar-refractivity contribution in [2.24, 2.45) is 0 Å². The largest absolute Gasteiger partial charge is 0.489 e. The molecule has 23 heavy (non-hydrogen) atoms. The lowest BCUT2D eigenvalue weighted by Gasteiger charge is -2.20. The van der Waals surface area contributed by atoms with Gasteiger partial charge in [0.2, 0.25) is 0 Å². The summed E-state index contributed by atoms with van der Waals surface area (Å²) in [6.45, 7) is 0.612. The van der Waals surface area contributed by atoms with Gasteiger partial charge in [0.15, 0.2) is 0 Å². The molecule has 0 bridgehead atoms. The molecule has 118 valence electrons. The van der Waals surface area contributed by atoms with Crippen LogP contribution in [0.2, 0.25) is 0 Å². The summed E-state index contributed by atoms with van der Waals surface area (Å²) in [5.41, 5.74) is 2.51. The summed E-state index contributed by atoms with van der Waals surface area (Å²) in [5.74, 6) is 1.59. The standard InChI is InChI=1S/C20H21NOS/c1-3-7-15(8-4-1)14-22-17-11-12-18-19(13-17)23-21-20(18)16-9-5-2-6-10-16/h1,3-4,7-8,11-13,16H,2,5-6,9-10,14H2. The van der Waals surface area contributed by atoms with E-state index in [-0.39, 0.29) is 0 Å². The van der Waals surface area contributed by atoms with Crippen LogP contribution in [-0.4, -0.2) is 4.37 Å². The fourth-order valence-electron chi connectivity index (χ4n) is 3.44. The van der Waals surface area contributed by atoms with Crippen LogP contribution in [0.3, 0.4) is 0 Å². The lowest BCUT2D eigenvalue weighted by Crippen LogP contribution is -2.04. The van der Waals surface area contributed by atoms with Gasteiger partial charge in [-0.05, 0) is 48.1 Å². The second kappa shape index (κ2) is 6.71. The van der Waals surface area contributed by atoms with Gasteiger partial charge in [-0.25, -0.2) is 0 Å². The van der Waals surface area contributed by atoms with E-state index >= 15 is 0 Å². The number of benzene rings is 2. The van der Waals surface area contributed by atoms with Crippen molar-refractivity contribution < 1.29 is 4.74 Å². The average molecular weight is 323 g/mol. The third-order valence-corrected chi connectivity index (χ3v) is 5.53. The molecule has 0 radical (unpaired) electrons. The summed E-state index contributed by atoms with van der Waals surface area (Å²) in [4.78, 5) is 0. The monoisotopic (exact) mass is 323 g/mol. The van der Waals surface area contributed by atoms with Crippen LogP contribution >= 0.6 is 11.5 Å². The molecule has 2 aromatic carbocycles. The molecule has 4 rings (SSSR count). The Hall–Kier alpha value is -1.87. The number of rotatable bonds is 4. The van der Waals surface area contributed by atoms with E-state index in [1.807, 2.05) is 18.2 Å². The molecule has 1 aliphatic rings. The first-order valence-electron chi connectivity index (χ1n) is 8.46. The van der Waals surface area contributed by atoms with Gasteiger partial charge >= 0.3 is 0 Å². The van der Waals surface area contributed by atoms with Crippen molar-refractivity contribution in [1.82, 2.24) is 4.37 Å². The summed E-state index contributed by atoms with van der Waals surface area (Å²) in [5, 5.41) is 1.33. The van der Waals surface area contributed by atoms with E-state index in [1.54, 1.807) is 11.5 Å². The third-order valence-electron chi connectivity index (χ3n) is 4.71. The maximum atomic E-state index is 5.93. The van der Waals surface area contributed by atoms with Crippen LogP contribution in [0, 0.1) is 0 Å². The van der Waals surface area contributed by atoms with E-state index in [0.29, 0.717) is 12.5 Å². The first-order valence-corrected chi connectivity index (χ1v) is 9.23. The van der Waals surface area contributed by atoms with Crippen molar-refractivity contribution in [2.75, 3.05) is 0 Å². The summed E-state index contributed by atoms with van der Waals surface area (Å²) in [7, 11) is 0. The minimum atomic E-state index is 0.612. The van der Waals surface area contributed by atoms with Crippen LogP contribution in [0.1, 0.15) is 49.3 Å². The smallest absolute Gasteiger partial charge is 0.121 e. The Balaban J connectivity index is 1.52. The van der Waals surface area contributed by atoms with Gasteiger partial charge in [-0.1, -0.05) is 49.6 Å². The molecule has 3 aromatic rings. The highest BCUT2D eigenvalue weighted by Crippen LogP contribution is 2.38. The van der Waals surface area contributed by atoms with Crippen molar-refractivity contribution in [2.45, 2.75) is 44.6 Å². The second-order valence-corrected chi connectivity index (χ2v) is 7.14. The molecule has 1 heterocycles. The number of nitrogens with zero attached hydrogens (tertiary/aromatic N) is 1. The normalized spacial score (nSPS) is 15.8. The van der Waals surface area contributed by atoms with Gasteiger partial charge in [0, 0.05) is 11.3 Å². The Morgan fingerprint density at radius 3 is 2.65 bits per heavy atom. The molecule has 0 atom stereocenters. The predicted octanol–water partition coefficient (Wildman–Crippen LogP) is 5.92. The predicted molar refractivity (Wildman–Crippen MR) is 96.2 cm³/mol. The highest BCUT2D eigenvalue weighted by atomic mass is 32.1. The maximum absolute atomic E-state index is 5.93. The molecule has 3 heteroatoms. The molecule has 0 unspecified atom stereocenters. The Morgan fingerprint density at radius 2 is 1.83 bits per heavy atom. The maximum Gasteiger partial charge on any atom is 0.121 e. The third kappa shape index (κ3) is 3.25. The summed E-state index contributed by atoms with van der Waals surface area (Å²) < 4.78 is 11.9. The van der Waals surface area contributed by atoms with Gasteiger partial charge in [0.05, 0.1) is 10.4 Å². The minimum Gasteiger partial charge on any atom is -0.489 e. The van der Waals surface area contributed by atoms with Gasteiger partial charge in [0.1, 0.15) is 12.4 Å². The van der Waals surface area contributed by atoms with Crippen LogP contribution in [0.4, 0.5) is 0 Å². The van der Waals surface area contributed by atoms with Crippen LogP contribution in [0.25, 0.3) is 10.1 Å². The molecule has 1 aromatic heterocycles. The molecule has 0 N–H and O–H groups in total. The minimum absolute atomic E-state index is 0.612. The van der Waals surface area contributed by atoms with Crippen LogP contribution < -0.4 is 4.74 Å². The lowest BCUT2D eigenvalue weighted by molar-refractivity contribution is 0.306. The molecular formula is C20H21NOS. The van der Waals surface area contributed by atoms with Crippen molar-refractivity contribution in [3.8, 4) is 5.75 Å². The summed E-state index contributed by atoms with van der Waals surface area (Å²) >= 11 is 1.61. The molecule has 0 amide bonds. The van der Waals surface area contributed by atoms with E-state index < -0.39 is 0 Å². The number of aromatic nitrogens is 1. The van der Waals surface area contributed by atoms with E-state index in [4.69, 9.17) is 9.11 Å². The second-order valence-electron chi connectivity index (χ2n) is 6.33. The Kier molecular flexibility index (Phi) is 4.29. The SMILES string of the molecule is c1ccc(COc2ccc3c(C4CCCCC4)nsc3c2)cc1. The molecule has 0 saturated heterocycles. The van der Waals surface area contributed by atoms with Crippen molar-refractivity contribution in [1.29, 1.82) is 0 Å². The van der Waals surface area contributed by atoms with E-state index in [9.17, 15) is 0 Å². The zero-order chi connectivity index (χ0) is 15.5. The Bertz CT molecular complexity index is 775. The molecule has 1 aliphatic carbocycles. The summed E-state index contributed by atoms with van der Waals surface area (Å²) in [6, 6.07) is 16.7. The first kappa shape index (κ1) is 14.7. The van der Waals surface area contributed by atoms with E-state index in [2.05, 4.69) is 30.3 Å². The van der Waals surface area contributed by atoms with Gasteiger partial charge in [-0.15, -0.1) is 0 Å². The zero-order valence-corrected chi connectivity index (χ0v) is 14.0. The fraction of sp³-hybridized carbons (Fsp3) is 0.350. The molecular weight excluding hydrogens is 302 g/mol. The quantitative estimate of drug-likeness (QED) is 0.594. The first-order chi connectivity index (χ1) is 11.4. The lowest BCUT2D eigenvalue weighted by atomic mass is 9.86. The molecule has 1 saturated carbocycles. The topological polar surface area (TPSA) is 22.1 Å². The van der Waals surface area contributed by atoms with E-state index in [0.717, 1.165) is 5.75 Å². The molecule has 0 spiro atoms. The Labute approximate surface area is 141 Å². The van der Waals surface area contributed by atoms with Crippen molar-refractivity contribution in [3.05, 3.63) is 59.8 Å². The number of hydrogen-bond acceptors (Lipinski definition) is 3. The highest BCUT2D eigenvalue weighted by Gasteiger charge is 2.20. The van der Waals surface area contributed by atoms with Crippen LogP contribution in [0.5, 0.6) is 5.75 Å². The molecule has 1 fully saturated rings. The number of ether oxygens (including phenoxy) is 1. The summed E-state index contributed by atoms with van der Waals surface area (Å²) in [6.07, 6.45) is 6.68. The number of hydrogen-bond donors (Lipinski definition) is 0.